The van der Waals surface area contributed by atoms with Gasteiger partial charge in [0, 0.05) is 18.6 Å². The van der Waals surface area contributed by atoms with Gasteiger partial charge in [-0.3, -0.25) is 0 Å². The lowest BCUT2D eigenvalue weighted by atomic mass is 10.2. The summed E-state index contributed by atoms with van der Waals surface area (Å²) in [6, 6.07) is 1.18. The van der Waals surface area contributed by atoms with Crippen molar-refractivity contribution in [2.75, 3.05) is 33.4 Å². The first-order valence-corrected chi connectivity index (χ1v) is 4.37. The minimum Gasteiger partial charge on any atom is -0.378 e. The maximum absolute atomic E-state index is 5.48. The van der Waals surface area contributed by atoms with E-state index in [9.17, 15) is 0 Å². The molecule has 11 heavy (non-hydrogen) atoms. The molecule has 0 radical (unpaired) electrons. The standard InChI is InChI=1S/C8H16N2O/c1-10-3-2-7-5-11-6-8(4-10)9-7/h7-9H,2-6H2,1H3. The zero-order valence-electron chi connectivity index (χ0n) is 7.05. The van der Waals surface area contributed by atoms with Crippen LogP contribution in [0.4, 0.5) is 0 Å². The molecule has 2 fully saturated rings. The molecule has 2 rings (SSSR count). The van der Waals surface area contributed by atoms with Crippen LogP contribution in [0.25, 0.3) is 0 Å². The molecule has 3 nitrogen and oxygen atoms in total. The minimum absolute atomic E-state index is 0.571. The highest BCUT2D eigenvalue weighted by Crippen LogP contribution is 2.09. The molecule has 3 heteroatoms. The maximum atomic E-state index is 5.48. The number of rotatable bonds is 0. The molecule has 2 aliphatic heterocycles. The lowest BCUT2D eigenvalue weighted by Gasteiger charge is -2.28. The van der Waals surface area contributed by atoms with Crippen molar-refractivity contribution < 1.29 is 4.74 Å². The van der Waals surface area contributed by atoms with Gasteiger partial charge in [0.1, 0.15) is 0 Å². The van der Waals surface area contributed by atoms with Gasteiger partial charge in [-0.2, -0.15) is 0 Å². The van der Waals surface area contributed by atoms with Crippen LogP contribution in [0.3, 0.4) is 0 Å². The summed E-state index contributed by atoms with van der Waals surface area (Å²) in [5.41, 5.74) is 0. The first kappa shape index (κ1) is 7.53. The Morgan fingerprint density at radius 2 is 2.18 bits per heavy atom. The van der Waals surface area contributed by atoms with Gasteiger partial charge in [-0.15, -0.1) is 0 Å². The molecular weight excluding hydrogens is 140 g/mol. The summed E-state index contributed by atoms with van der Waals surface area (Å²) < 4.78 is 5.48. The van der Waals surface area contributed by atoms with Crippen LogP contribution in [0, 0.1) is 0 Å². The molecule has 2 unspecified atom stereocenters. The van der Waals surface area contributed by atoms with Crippen LogP contribution >= 0.6 is 0 Å². The molecule has 0 aromatic heterocycles. The third-order valence-corrected chi connectivity index (χ3v) is 2.50. The summed E-state index contributed by atoms with van der Waals surface area (Å²) in [4.78, 5) is 2.38. The van der Waals surface area contributed by atoms with Crippen LogP contribution in [-0.2, 0) is 4.74 Å². The predicted octanol–water partition coefficient (Wildman–Crippen LogP) is -0.321. The maximum Gasteiger partial charge on any atom is 0.0633 e. The molecule has 2 heterocycles. The summed E-state index contributed by atoms with van der Waals surface area (Å²) in [6.45, 7) is 4.14. The van der Waals surface area contributed by atoms with Crippen LogP contribution in [0.2, 0.25) is 0 Å². The van der Waals surface area contributed by atoms with E-state index in [2.05, 4.69) is 17.3 Å². The van der Waals surface area contributed by atoms with E-state index in [-0.39, 0.29) is 0 Å². The average molecular weight is 156 g/mol. The van der Waals surface area contributed by atoms with Crippen molar-refractivity contribution in [3.8, 4) is 0 Å². The molecule has 0 aromatic carbocycles. The van der Waals surface area contributed by atoms with Crippen molar-refractivity contribution in [3.63, 3.8) is 0 Å². The van der Waals surface area contributed by atoms with Gasteiger partial charge in [-0.25, -0.2) is 0 Å². The number of hydrogen-bond donors (Lipinski definition) is 1. The van der Waals surface area contributed by atoms with Crippen molar-refractivity contribution >= 4 is 0 Å². The van der Waals surface area contributed by atoms with Gasteiger partial charge in [0.05, 0.1) is 13.2 Å². The second kappa shape index (κ2) is 3.09. The Morgan fingerprint density at radius 1 is 1.36 bits per heavy atom. The number of hydrogen-bond acceptors (Lipinski definition) is 3. The normalized spacial score (nSPS) is 40.1. The predicted molar refractivity (Wildman–Crippen MR) is 43.6 cm³/mol. The van der Waals surface area contributed by atoms with E-state index < -0.39 is 0 Å². The summed E-state index contributed by atoms with van der Waals surface area (Å²) in [5, 5.41) is 3.58. The quantitative estimate of drug-likeness (QED) is 0.520. The fourth-order valence-corrected chi connectivity index (χ4v) is 1.90. The zero-order valence-corrected chi connectivity index (χ0v) is 7.05. The van der Waals surface area contributed by atoms with Crippen LogP contribution in [0.5, 0.6) is 0 Å². The molecule has 0 amide bonds. The second-order valence-corrected chi connectivity index (χ2v) is 3.65. The van der Waals surface area contributed by atoms with E-state index in [1.165, 1.54) is 13.0 Å². The zero-order chi connectivity index (χ0) is 7.68. The van der Waals surface area contributed by atoms with E-state index >= 15 is 0 Å². The molecule has 2 bridgehead atoms. The molecule has 64 valence electrons. The first-order valence-electron chi connectivity index (χ1n) is 4.37. The Labute approximate surface area is 67.7 Å². The molecule has 0 aliphatic carbocycles. The Hall–Kier alpha value is -0.120. The van der Waals surface area contributed by atoms with Gasteiger partial charge in [0.2, 0.25) is 0 Å². The minimum atomic E-state index is 0.571. The van der Waals surface area contributed by atoms with E-state index in [1.54, 1.807) is 0 Å². The summed E-state index contributed by atoms with van der Waals surface area (Å²) >= 11 is 0. The monoisotopic (exact) mass is 156 g/mol. The number of ether oxygens (including phenoxy) is 1. The van der Waals surface area contributed by atoms with E-state index in [1.807, 2.05) is 0 Å². The molecular formula is C8H16N2O. The summed E-state index contributed by atoms with van der Waals surface area (Å²) in [5.74, 6) is 0. The average Bonchev–Trinajstić information content (AvgIpc) is 2.12. The molecule has 2 atom stereocenters. The van der Waals surface area contributed by atoms with Crippen LogP contribution in [-0.4, -0.2) is 50.3 Å². The third-order valence-electron chi connectivity index (χ3n) is 2.50. The van der Waals surface area contributed by atoms with Crippen molar-refractivity contribution in [2.45, 2.75) is 18.5 Å². The fraction of sp³-hybridized carbons (Fsp3) is 1.00. The molecule has 0 spiro atoms. The van der Waals surface area contributed by atoms with Gasteiger partial charge in [-0.05, 0) is 20.0 Å². The van der Waals surface area contributed by atoms with E-state index in [0.717, 1.165) is 19.8 Å². The Bertz CT molecular complexity index is 138. The highest BCUT2D eigenvalue weighted by atomic mass is 16.5. The fourth-order valence-electron chi connectivity index (χ4n) is 1.90. The lowest BCUT2D eigenvalue weighted by molar-refractivity contribution is 0.0486. The van der Waals surface area contributed by atoms with E-state index in [0.29, 0.717) is 12.1 Å². The van der Waals surface area contributed by atoms with Gasteiger partial charge in [0.25, 0.3) is 0 Å². The van der Waals surface area contributed by atoms with Gasteiger partial charge >= 0.3 is 0 Å². The third kappa shape index (κ3) is 1.72. The van der Waals surface area contributed by atoms with Crippen molar-refractivity contribution in [1.29, 1.82) is 0 Å². The van der Waals surface area contributed by atoms with Crippen LogP contribution in [0.15, 0.2) is 0 Å². The Balaban J connectivity index is 1.98. The number of morpholine rings is 1. The summed E-state index contributed by atoms with van der Waals surface area (Å²) in [7, 11) is 2.18. The second-order valence-electron chi connectivity index (χ2n) is 3.65. The number of likely N-dealkylation sites (N-methyl/N-ethyl adjacent to an activating group) is 1. The molecule has 2 saturated heterocycles. The number of nitrogens with zero attached hydrogens (tertiary/aromatic N) is 1. The Morgan fingerprint density at radius 3 is 3.09 bits per heavy atom. The number of nitrogens with one attached hydrogen (secondary N) is 1. The molecule has 2 aliphatic rings. The van der Waals surface area contributed by atoms with Crippen molar-refractivity contribution in [3.05, 3.63) is 0 Å². The molecule has 0 aromatic rings. The highest BCUT2D eigenvalue weighted by molar-refractivity contribution is 4.84. The van der Waals surface area contributed by atoms with E-state index in [4.69, 9.17) is 4.74 Å². The largest absolute Gasteiger partial charge is 0.378 e. The topological polar surface area (TPSA) is 24.5 Å². The van der Waals surface area contributed by atoms with Crippen molar-refractivity contribution in [2.24, 2.45) is 0 Å². The molecule has 1 N–H and O–H groups in total. The van der Waals surface area contributed by atoms with Gasteiger partial charge < -0.3 is 15.0 Å². The molecule has 0 saturated carbocycles. The van der Waals surface area contributed by atoms with Gasteiger partial charge in [0.15, 0.2) is 0 Å². The van der Waals surface area contributed by atoms with Crippen LogP contribution in [0.1, 0.15) is 6.42 Å². The SMILES string of the molecule is CN1CCC2COCC(C1)N2. The highest BCUT2D eigenvalue weighted by Gasteiger charge is 2.25. The van der Waals surface area contributed by atoms with Gasteiger partial charge in [-0.1, -0.05) is 0 Å². The van der Waals surface area contributed by atoms with Crippen LogP contribution < -0.4 is 5.32 Å². The first-order chi connectivity index (χ1) is 5.34. The summed E-state index contributed by atoms with van der Waals surface area (Å²) in [6.07, 6.45) is 1.23. The smallest absolute Gasteiger partial charge is 0.0633 e. The van der Waals surface area contributed by atoms with Crippen molar-refractivity contribution in [1.82, 2.24) is 10.2 Å². The number of fused-ring (bicyclic) bond motifs is 2. The Kier molecular flexibility index (Phi) is 2.11. The lowest BCUT2D eigenvalue weighted by Crippen LogP contribution is -2.49.